The third-order valence-corrected chi connectivity index (χ3v) is 3.78. The zero-order chi connectivity index (χ0) is 16.1. The Balaban J connectivity index is 2.05. The second-order valence-electron chi connectivity index (χ2n) is 5.80. The molecule has 3 amide bonds. The number of hydrogen-bond acceptors (Lipinski definition) is 4. The van der Waals surface area contributed by atoms with Crippen molar-refractivity contribution < 1.29 is 9.59 Å². The Kier molecular flexibility index (Phi) is 5.32. The van der Waals surface area contributed by atoms with Gasteiger partial charge in [0.15, 0.2) is 0 Å². The molecule has 22 heavy (non-hydrogen) atoms. The zero-order valence-corrected chi connectivity index (χ0v) is 13.2. The van der Waals surface area contributed by atoms with Crippen molar-refractivity contribution in [3.63, 3.8) is 0 Å². The summed E-state index contributed by atoms with van der Waals surface area (Å²) in [6.45, 7) is 1.96. The summed E-state index contributed by atoms with van der Waals surface area (Å²) in [5, 5.41) is 5.67. The molecule has 2 N–H and O–H groups in total. The van der Waals surface area contributed by atoms with Crippen molar-refractivity contribution in [3.8, 4) is 0 Å². The molecule has 1 saturated heterocycles. The average molecular weight is 305 g/mol. The summed E-state index contributed by atoms with van der Waals surface area (Å²) in [5.74, 6) is 0.0496. The number of amides is 3. The predicted molar refractivity (Wildman–Crippen MR) is 83.6 cm³/mol. The summed E-state index contributed by atoms with van der Waals surface area (Å²) < 4.78 is 0. The van der Waals surface area contributed by atoms with Crippen LogP contribution in [0, 0.1) is 5.92 Å². The number of nitrogens with zero attached hydrogens (tertiary/aromatic N) is 3. The first-order chi connectivity index (χ1) is 10.5. The second kappa shape index (κ2) is 7.22. The number of hydrogen-bond donors (Lipinski definition) is 2. The topological polar surface area (TPSA) is 77.6 Å². The average Bonchev–Trinajstić information content (AvgIpc) is 2.89. The van der Waals surface area contributed by atoms with Crippen molar-refractivity contribution in [2.24, 2.45) is 5.92 Å². The van der Waals surface area contributed by atoms with Crippen LogP contribution in [0.3, 0.4) is 0 Å². The Hall–Kier alpha value is -2.15. The number of carbonyl (C=O) groups excluding carboxylic acids is 2. The van der Waals surface area contributed by atoms with Crippen molar-refractivity contribution in [1.29, 1.82) is 0 Å². The highest BCUT2D eigenvalue weighted by molar-refractivity contribution is 5.94. The van der Waals surface area contributed by atoms with Gasteiger partial charge in [-0.1, -0.05) is 0 Å². The number of nitrogens with one attached hydrogen (secondary N) is 2. The molecule has 7 nitrogen and oxygen atoms in total. The summed E-state index contributed by atoms with van der Waals surface area (Å²) in [5.41, 5.74) is 0.532. The molecule has 1 fully saturated rings. The fourth-order valence-corrected chi connectivity index (χ4v) is 2.76. The van der Waals surface area contributed by atoms with E-state index in [-0.39, 0.29) is 23.9 Å². The smallest absolute Gasteiger partial charge is 0.317 e. The van der Waals surface area contributed by atoms with Gasteiger partial charge in [-0.05, 0) is 26.2 Å². The van der Waals surface area contributed by atoms with Gasteiger partial charge in [0.05, 0.1) is 11.6 Å². The number of rotatable bonds is 4. The molecular formula is C15H23N5O2. The normalized spacial score (nSPS) is 21.0. The van der Waals surface area contributed by atoms with E-state index in [9.17, 15) is 9.59 Å². The van der Waals surface area contributed by atoms with Crippen LogP contribution in [0.2, 0.25) is 0 Å². The molecule has 0 saturated carbocycles. The van der Waals surface area contributed by atoms with Crippen LogP contribution >= 0.6 is 0 Å². The third-order valence-electron chi connectivity index (χ3n) is 3.78. The molecule has 0 aliphatic carbocycles. The van der Waals surface area contributed by atoms with Gasteiger partial charge < -0.3 is 20.4 Å². The quantitative estimate of drug-likeness (QED) is 0.822. The molecule has 120 valence electrons. The molecule has 0 spiro atoms. The summed E-state index contributed by atoms with van der Waals surface area (Å²) >= 11 is 0. The van der Waals surface area contributed by atoms with Crippen LogP contribution in [0.25, 0.3) is 0 Å². The first-order valence-electron chi connectivity index (χ1n) is 7.33. The van der Waals surface area contributed by atoms with Crippen molar-refractivity contribution in [2.75, 3.05) is 40.8 Å². The van der Waals surface area contributed by atoms with Gasteiger partial charge in [0.1, 0.15) is 0 Å². The highest BCUT2D eigenvalue weighted by atomic mass is 16.2. The number of urea groups is 1. The van der Waals surface area contributed by atoms with Gasteiger partial charge in [-0.3, -0.25) is 9.78 Å². The van der Waals surface area contributed by atoms with E-state index in [0.717, 1.165) is 6.54 Å². The molecule has 7 heteroatoms. The Morgan fingerprint density at radius 1 is 1.41 bits per heavy atom. The Morgan fingerprint density at radius 2 is 2.18 bits per heavy atom. The molecule has 0 bridgehead atoms. The number of likely N-dealkylation sites (tertiary alicyclic amines) is 1. The van der Waals surface area contributed by atoms with Gasteiger partial charge in [-0.25, -0.2) is 4.79 Å². The maximum absolute atomic E-state index is 12.3. The highest BCUT2D eigenvalue weighted by Crippen LogP contribution is 2.18. The van der Waals surface area contributed by atoms with Crippen molar-refractivity contribution in [3.05, 3.63) is 30.1 Å². The largest absolute Gasteiger partial charge is 0.347 e. The van der Waals surface area contributed by atoms with Gasteiger partial charge in [0, 0.05) is 45.0 Å². The maximum Gasteiger partial charge on any atom is 0.317 e. The molecule has 1 aliphatic heterocycles. The molecule has 1 aliphatic rings. The molecule has 0 aromatic carbocycles. The lowest BCUT2D eigenvalue weighted by Gasteiger charge is -2.22. The van der Waals surface area contributed by atoms with Crippen molar-refractivity contribution in [1.82, 2.24) is 25.4 Å². The Labute approximate surface area is 130 Å². The zero-order valence-electron chi connectivity index (χ0n) is 13.2. The summed E-state index contributed by atoms with van der Waals surface area (Å²) in [4.78, 5) is 31.9. The minimum Gasteiger partial charge on any atom is -0.347 e. The minimum atomic E-state index is -0.152. The standard InChI is InChI=1S/C15H23N5O2/c1-16-15(22)20-9-12(8-19(2)3)13(10-20)18-14(21)11-5-4-6-17-7-11/h4-7,12-13H,8-10H2,1-3H3,(H,16,22)(H,18,21)/t12-,13-/m1/s1. The van der Waals surface area contributed by atoms with Crippen LogP contribution < -0.4 is 10.6 Å². The third kappa shape index (κ3) is 3.94. The van der Waals surface area contributed by atoms with Crippen LogP contribution in [-0.4, -0.2) is 73.5 Å². The molecular weight excluding hydrogens is 282 g/mol. The van der Waals surface area contributed by atoms with E-state index in [2.05, 4.69) is 20.5 Å². The predicted octanol–water partition coefficient (Wildman–Crippen LogP) is 0.0128. The lowest BCUT2D eigenvalue weighted by atomic mass is 10.0. The molecule has 2 atom stereocenters. The van der Waals surface area contributed by atoms with Crippen LogP contribution in [0.4, 0.5) is 4.79 Å². The van der Waals surface area contributed by atoms with Crippen LogP contribution in [0.1, 0.15) is 10.4 Å². The van der Waals surface area contributed by atoms with Gasteiger partial charge >= 0.3 is 6.03 Å². The fourth-order valence-electron chi connectivity index (χ4n) is 2.76. The van der Waals surface area contributed by atoms with Crippen molar-refractivity contribution >= 4 is 11.9 Å². The maximum atomic E-state index is 12.3. The summed E-state index contributed by atoms with van der Waals surface area (Å²) in [7, 11) is 5.59. The summed E-state index contributed by atoms with van der Waals surface area (Å²) in [6, 6.07) is 3.29. The van der Waals surface area contributed by atoms with Gasteiger partial charge in [0.25, 0.3) is 5.91 Å². The lowest BCUT2D eigenvalue weighted by molar-refractivity contribution is 0.0926. The van der Waals surface area contributed by atoms with E-state index >= 15 is 0 Å². The van der Waals surface area contributed by atoms with E-state index in [1.54, 1.807) is 36.5 Å². The molecule has 0 radical (unpaired) electrons. The van der Waals surface area contributed by atoms with Gasteiger partial charge in [-0.15, -0.1) is 0 Å². The fraction of sp³-hybridized carbons (Fsp3) is 0.533. The first-order valence-corrected chi connectivity index (χ1v) is 7.33. The van der Waals surface area contributed by atoms with Gasteiger partial charge in [0.2, 0.25) is 0 Å². The van der Waals surface area contributed by atoms with E-state index in [0.29, 0.717) is 18.7 Å². The highest BCUT2D eigenvalue weighted by Gasteiger charge is 2.36. The monoisotopic (exact) mass is 305 g/mol. The molecule has 1 aromatic heterocycles. The SMILES string of the molecule is CNC(=O)N1C[C@@H](CN(C)C)[C@H](NC(=O)c2cccnc2)C1. The molecule has 1 aromatic rings. The second-order valence-corrected chi connectivity index (χ2v) is 5.80. The van der Waals surface area contributed by atoms with E-state index < -0.39 is 0 Å². The van der Waals surface area contributed by atoms with E-state index in [1.165, 1.54) is 0 Å². The van der Waals surface area contributed by atoms with E-state index in [1.807, 2.05) is 14.1 Å². The summed E-state index contributed by atoms with van der Waals surface area (Å²) in [6.07, 6.45) is 3.18. The van der Waals surface area contributed by atoms with Crippen LogP contribution in [-0.2, 0) is 0 Å². The molecule has 2 heterocycles. The number of aromatic nitrogens is 1. The number of carbonyl (C=O) groups is 2. The van der Waals surface area contributed by atoms with Gasteiger partial charge in [-0.2, -0.15) is 0 Å². The Bertz CT molecular complexity index is 520. The van der Waals surface area contributed by atoms with E-state index in [4.69, 9.17) is 0 Å². The minimum absolute atomic E-state index is 0.0626. The van der Waals surface area contributed by atoms with Crippen molar-refractivity contribution in [2.45, 2.75) is 6.04 Å². The van der Waals surface area contributed by atoms with Crippen LogP contribution in [0.15, 0.2) is 24.5 Å². The lowest BCUT2D eigenvalue weighted by Crippen LogP contribution is -2.44. The molecule has 0 unspecified atom stereocenters. The number of pyridine rings is 1. The van der Waals surface area contributed by atoms with Crippen LogP contribution in [0.5, 0.6) is 0 Å². The first kappa shape index (κ1) is 16.2. The Morgan fingerprint density at radius 3 is 2.77 bits per heavy atom. The molecule has 2 rings (SSSR count).